The fourth-order valence-corrected chi connectivity index (χ4v) is 1.57. The Morgan fingerprint density at radius 3 is 3.06 bits per heavy atom. The zero-order valence-electron chi connectivity index (χ0n) is 9.51. The van der Waals surface area contributed by atoms with Gasteiger partial charge in [-0.2, -0.15) is 0 Å². The van der Waals surface area contributed by atoms with Crippen LogP contribution in [0, 0.1) is 0 Å². The Kier molecular flexibility index (Phi) is 3.91. The summed E-state index contributed by atoms with van der Waals surface area (Å²) < 4.78 is 1.75. The maximum atomic E-state index is 11.8. The van der Waals surface area contributed by atoms with Crippen molar-refractivity contribution in [1.82, 2.24) is 14.5 Å². The van der Waals surface area contributed by atoms with Crippen molar-refractivity contribution >= 4 is 23.3 Å². The minimum atomic E-state index is -0.333. The van der Waals surface area contributed by atoms with E-state index in [-0.39, 0.29) is 5.91 Å². The summed E-state index contributed by atoms with van der Waals surface area (Å²) in [7, 11) is 0. The molecule has 0 spiro atoms. The van der Waals surface area contributed by atoms with Crippen molar-refractivity contribution in [3.8, 4) is 0 Å². The lowest BCUT2D eigenvalue weighted by molar-refractivity contribution is 0.102. The molecule has 0 unspecified atom stereocenters. The molecule has 0 atom stereocenters. The molecule has 2 aromatic rings. The molecule has 7 heteroatoms. The van der Waals surface area contributed by atoms with Crippen LogP contribution in [0.15, 0.2) is 30.7 Å². The average molecular weight is 266 g/mol. The van der Waals surface area contributed by atoms with Crippen LogP contribution in [-0.2, 0) is 6.54 Å². The van der Waals surface area contributed by atoms with Crippen LogP contribution in [0.2, 0.25) is 5.15 Å². The first kappa shape index (κ1) is 12.5. The Morgan fingerprint density at radius 2 is 2.33 bits per heavy atom. The molecule has 1 amide bonds. The van der Waals surface area contributed by atoms with Gasteiger partial charge in [-0.15, -0.1) is 0 Å². The van der Waals surface area contributed by atoms with E-state index in [0.717, 1.165) is 0 Å². The summed E-state index contributed by atoms with van der Waals surface area (Å²) in [5.41, 5.74) is 5.72. The first-order chi connectivity index (χ1) is 8.69. The van der Waals surface area contributed by atoms with Gasteiger partial charge < -0.3 is 15.6 Å². The minimum Gasteiger partial charge on any atom is -0.335 e. The molecule has 0 aromatic carbocycles. The number of carbonyl (C=O) groups is 1. The zero-order chi connectivity index (χ0) is 13.0. The molecule has 94 valence electrons. The summed E-state index contributed by atoms with van der Waals surface area (Å²) in [5.74, 6) is 0.0569. The van der Waals surface area contributed by atoms with Gasteiger partial charge >= 0.3 is 0 Å². The van der Waals surface area contributed by atoms with E-state index in [1.807, 2.05) is 0 Å². The fraction of sp³-hybridized carbons (Fsp3) is 0.182. The normalized spacial score (nSPS) is 10.3. The summed E-state index contributed by atoms with van der Waals surface area (Å²) in [6.45, 7) is 1.11. The van der Waals surface area contributed by atoms with Crippen molar-refractivity contribution in [3.05, 3.63) is 41.6 Å². The third-order valence-corrected chi connectivity index (χ3v) is 2.42. The highest BCUT2D eigenvalue weighted by atomic mass is 35.5. The van der Waals surface area contributed by atoms with Gasteiger partial charge in [0.25, 0.3) is 5.91 Å². The molecule has 0 fully saturated rings. The van der Waals surface area contributed by atoms with E-state index in [4.69, 9.17) is 17.3 Å². The summed E-state index contributed by atoms with van der Waals surface area (Å²) >= 11 is 5.72. The summed E-state index contributed by atoms with van der Waals surface area (Å²) in [6.07, 6.45) is 3.19. The molecule has 2 heterocycles. The van der Waals surface area contributed by atoms with Crippen LogP contribution in [0.3, 0.4) is 0 Å². The molecular formula is C11H12ClN5O. The summed E-state index contributed by atoms with van der Waals surface area (Å²) in [4.78, 5) is 19.8. The van der Waals surface area contributed by atoms with E-state index >= 15 is 0 Å². The van der Waals surface area contributed by atoms with Gasteiger partial charge in [0, 0.05) is 19.3 Å². The minimum absolute atomic E-state index is 0.310. The van der Waals surface area contributed by atoms with Crippen molar-refractivity contribution in [2.75, 3.05) is 11.9 Å². The second-order valence-corrected chi connectivity index (χ2v) is 3.97. The van der Waals surface area contributed by atoms with E-state index in [1.54, 1.807) is 35.3 Å². The fourth-order valence-electron chi connectivity index (χ4n) is 1.41. The van der Waals surface area contributed by atoms with Crippen molar-refractivity contribution in [1.29, 1.82) is 0 Å². The molecule has 0 aliphatic heterocycles. The van der Waals surface area contributed by atoms with Crippen molar-refractivity contribution in [2.24, 2.45) is 5.73 Å². The van der Waals surface area contributed by atoms with Crippen LogP contribution in [-0.4, -0.2) is 27.0 Å². The Bertz CT molecular complexity index is 554. The molecule has 0 radical (unpaired) electrons. The molecular weight excluding hydrogens is 254 g/mol. The lowest BCUT2D eigenvalue weighted by Crippen LogP contribution is -2.13. The van der Waals surface area contributed by atoms with E-state index in [9.17, 15) is 4.79 Å². The molecule has 0 aliphatic carbocycles. The van der Waals surface area contributed by atoms with Crippen LogP contribution in [0.1, 0.15) is 10.5 Å². The van der Waals surface area contributed by atoms with Gasteiger partial charge in [0.15, 0.2) is 0 Å². The van der Waals surface area contributed by atoms with Crippen LogP contribution < -0.4 is 11.1 Å². The molecule has 0 saturated heterocycles. The van der Waals surface area contributed by atoms with Gasteiger partial charge in [-0.3, -0.25) is 4.79 Å². The zero-order valence-corrected chi connectivity index (χ0v) is 10.3. The van der Waals surface area contributed by atoms with E-state index < -0.39 is 0 Å². The van der Waals surface area contributed by atoms with Gasteiger partial charge in [-0.05, 0) is 12.1 Å². The maximum Gasteiger partial charge on any atom is 0.276 e. The number of hydrogen-bond acceptors (Lipinski definition) is 4. The highest BCUT2D eigenvalue weighted by Crippen LogP contribution is 2.10. The highest BCUT2D eigenvalue weighted by molar-refractivity contribution is 6.29. The number of amides is 1. The van der Waals surface area contributed by atoms with E-state index in [0.29, 0.717) is 29.8 Å². The number of nitrogens with zero attached hydrogens (tertiary/aromatic N) is 3. The Labute approximate surface area is 109 Å². The summed E-state index contributed by atoms with van der Waals surface area (Å²) in [6, 6.07) is 4.99. The number of nitrogens with one attached hydrogen (secondary N) is 1. The molecule has 3 N–H and O–H groups in total. The smallest absolute Gasteiger partial charge is 0.276 e. The Hall–Kier alpha value is -1.92. The molecule has 2 rings (SSSR count). The van der Waals surface area contributed by atoms with E-state index in [1.165, 1.54) is 0 Å². The molecule has 0 aliphatic rings. The topological polar surface area (TPSA) is 85.8 Å². The third-order valence-electron chi connectivity index (χ3n) is 2.21. The number of nitrogens with two attached hydrogens (primary N) is 1. The second-order valence-electron chi connectivity index (χ2n) is 3.59. The van der Waals surface area contributed by atoms with Crippen LogP contribution in [0.4, 0.5) is 5.82 Å². The molecule has 2 aromatic heterocycles. The number of aromatic nitrogens is 3. The molecule has 18 heavy (non-hydrogen) atoms. The average Bonchev–Trinajstić information content (AvgIpc) is 2.78. The third kappa shape index (κ3) is 3.06. The van der Waals surface area contributed by atoms with Crippen LogP contribution in [0.25, 0.3) is 0 Å². The SMILES string of the molecule is NCCn1cnc(C(=O)Nc2cccc(Cl)n2)c1. The number of rotatable bonds is 4. The summed E-state index contributed by atoms with van der Waals surface area (Å²) in [5, 5.41) is 2.93. The van der Waals surface area contributed by atoms with Gasteiger partial charge in [-0.1, -0.05) is 17.7 Å². The second kappa shape index (κ2) is 5.61. The first-order valence-electron chi connectivity index (χ1n) is 5.35. The lowest BCUT2D eigenvalue weighted by Gasteiger charge is -2.02. The van der Waals surface area contributed by atoms with Crippen molar-refractivity contribution in [2.45, 2.75) is 6.54 Å². The standard InChI is InChI=1S/C11H12ClN5O/c12-9-2-1-3-10(15-9)16-11(18)8-6-17(5-4-13)7-14-8/h1-3,6-7H,4-5,13H2,(H,15,16,18). The largest absolute Gasteiger partial charge is 0.335 e. The molecule has 0 bridgehead atoms. The monoisotopic (exact) mass is 265 g/mol. The first-order valence-corrected chi connectivity index (χ1v) is 5.72. The van der Waals surface area contributed by atoms with Gasteiger partial charge in [0.2, 0.25) is 0 Å². The highest BCUT2D eigenvalue weighted by Gasteiger charge is 2.10. The number of anilines is 1. The van der Waals surface area contributed by atoms with Crippen LogP contribution >= 0.6 is 11.6 Å². The van der Waals surface area contributed by atoms with Gasteiger partial charge in [0.05, 0.1) is 6.33 Å². The quantitative estimate of drug-likeness (QED) is 0.812. The van der Waals surface area contributed by atoms with Gasteiger partial charge in [-0.25, -0.2) is 9.97 Å². The Morgan fingerprint density at radius 1 is 1.50 bits per heavy atom. The van der Waals surface area contributed by atoms with Crippen LogP contribution in [0.5, 0.6) is 0 Å². The number of carbonyl (C=O) groups excluding carboxylic acids is 1. The molecule has 0 saturated carbocycles. The van der Waals surface area contributed by atoms with E-state index in [2.05, 4.69) is 15.3 Å². The molecule has 6 nitrogen and oxygen atoms in total. The van der Waals surface area contributed by atoms with Crippen molar-refractivity contribution < 1.29 is 4.79 Å². The maximum absolute atomic E-state index is 11.8. The predicted octanol–water partition coefficient (Wildman–Crippen LogP) is 1.14. The number of halogens is 1. The van der Waals surface area contributed by atoms with Gasteiger partial charge in [0.1, 0.15) is 16.7 Å². The number of pyridine rings is 1. The number of imidazole rings is 1. The lowest BCUT2D eigenvalue weighted by atomic mass is 10.4. The van der Waals surface area contributed by atoms with Crippen molar-refractivity contribution in [3.63, 3.8) is 0 Å². The Balaban J connectivity index is 2.07. The number of hydrogen-bond donors (Lipinski definition) is 2. The predicted molar refractivity (Wildman–Crippen MR) is 68.5 cm³/mol.